The molecule has 2 heterocycles. The third-order valence-electron chi connectivity index (χ3n) is 6.00. The van der Waals surface area contributed by atoms with Crippen LogP contribution in [0.3, 0.4) is 0 Å². The van der Waals surface area contributed by atoms with Crippen LogP contribution in [0.25, 0.3) is 0 Å². The first-order valence-electron chi connectivity index (χ1n) is 11.4. The van der Waals surface area contributed by atoms with Crippen molar-refractivity contribution in [2.45, 2.75) is 45.3 Å². The van der Waals surface area contributed by atoms with Crippen molar-refractivity contribution < 1.29 is 9.13 Å². The zero-order chi connectivity index (χ0) is 24.2. The summed E-state index contributed by atoms with van der Waals surface area (Å²) in [5, 5.41) is 4.49. The highest BCUT2D eigenvalue weighted by atomic mass is 35.5. The fourth-order valence-corrected chi connectivity index (χ4v) is 4.85. The molecule has 180 valence electrons. The third-order valence-corrected chi connectivity index (χ3v) is 6.48. The van der Waals surface area contributed by atoms with Crippen LogP contribution in [0, 0.1) is 0 Å². The van der Waals surface area contributed by atoms with E-state index in [-0.39, 0.29) is 18.8 Å². The smallest absolute Gasteiger partial charge is 0.156 e. The number of pyridine rings is 1. The molecular formula is C25H28Cl2FN5O. The van der Waals surface area contributed by atoms with Crippen LogP contribution in [0.5, 0.6) is 0 Å². The van der Waals surface area contributed by atoms with Crippen LogP contribution in [0.15, 0.2) is 36.5 Å². The van der Waals surface area contributed by atoms with Crippen molar-refractivity contribution in [3.05, 3.63) is 69.1 Å². The molecular weight excluding hydrogens is 476 g/mol. The Labute approximate surface area is 209 Å². The number of ether oxygens (including phenoxy) is 1. The van der Waals surface area contributed by atoms with Gasteiger partial charge in [-0.3, -0.25) is 0 Å². The van der Waals surface area contributed by atoms with E-state index >= 15 is 0 Å². The van der Waals surface area contributed by atoms with Crippen LogP contribution in [0.2, 0.25) is 10.0 Å². The van der Waals surface area contributed by atoms with Crippen LogP contribution in [-0.4, -0.2) is 41.4 Å². The molecule has 9 heteroatoms. The Morgan fingerprint density at radius 2 is 1.88 bits per heavy atom. The second kappa shape index (κ2) is 10.8. The highest BCUT2D eigenvalue weighted by Crippen LogP contribution is 2.37. The van der Waals surface area contributed by atoms with Gasteiger partial charge in [-0.05, 0) is 30.0 Å². The van der Waals surface area contributed by atoms with Crippen molar-refractivity contribution in [3.63, 3.8) is 0 Å². The van der Waals surface area contributed by atoms with Gasteiger partial charge in [0.25, 0.3) is 0 Å². The molecule has 3 aromatic rings. The maximum atomic E-state index is 12.9. The predicted molar refractivity (Wildman–Crippen MR) is 135 cm³/mol. The van der Waals surface area contributed by atoms with Gasteiger partial charge in [0.2, 0.25) is 0 Å². The SMILES string of the molecule is CCc1nc(N(C)c2ncc(Cl)cc2Cl)c(CC)nc1N[C@@H]1c2ccccc2C[C@@H]1OCCF. The second-order valence-electron chi connectivity index (χ2n) is 8.14. The number of halogens is 3. The number of anilines is 3. The van der Waals surface area contributed by atoms with Crippen molar-refractivity contribution >= 4 is 40.7 Å². The fraction of sp³-hybridized carbons (Fsp3) is 0.400. The number of nitrogens with zero attached hydrogens (tertiary/aromatic N) is 4. The molecule has 0 amide bonds. The van der Waals surface area contributed by atoms with Gasteiger partial charge in [0.15, 0.2) is 11.6 Å². The summed E-state index contributed by atoms with van der Waals surface area (Å²) in [5.74, 6) is 1.96. The number of aryl methyl sites for hydroxylation is 2. The molecule has 1 aromatic carbocycles. The highest BCUT2D eigenvalue weighted by Gasteiger charge is 2.34. The van der Waals surface area contributed by atoms with E-state index in [1.165, 1.54) is 5.56 Å². The van der Waals surface area contributed by atoms with Gasteiger partial charge in [0, 0.05) is 19.7 Å². The lowest BCUT2D eigenvalue weighted by molar-refractivity contribution is 0.0393. The van der Waals surface area contributed by atoms with Crippen molar-refractivity contribution in [3.8, 4) is 0 Å². The summed E-state index contributed by atoms with van der Waals surface area (Å²) < 4.78 is 18.7. The molecule has 1 N–H and O–H groups in total. The number of aromatic nitrogens is 3. The molecule has 2 aromatic heterocycles. The van der Waals surface area contributed by atoms with Crippen LogP contribution in [0.4, 0.5) is 21.8 Å². The second-order valence-corrected chi connectivity index (χ2v) is 8.98. The fourth-order valence-electron chi connectivity index (χ4n) is 4.34. The predicted octanol–water partition coefficient (Wildman–Crippen LogP) is 6.14. The Balaban J connectivity index is 1.70. The number of hydrogen-bond donors (Lipinski definition) is 1. The first-order chi connectivity index (χ1) is 16.5. The van der Waals surface area contributed by atoms with E-state index in [1.54, 1.807) is 12.3 Å². The minimum atomic E-state index is -0.512. The monoisotopic (exact) mass is 503 g/mol. The summed E-state index contributed by atoms with van der Waals surface area (Å²) in [5.41, 5.74) is 3.97. The van der Waals surface area contributed by atoms with E-state index in [1.807, 2.05) is 37.9 Å². The summed E-state index contributed by atoms with van der Waals surface area (Å²) in [6.07, 6.45) is 3.45. The third kappa shape index (κ3) is 4.97. The molecule has 0 radical (unpaired) electrons. The minimum Gasteiger partial charge on any atom is -0.373 e. The van der Waals surface area contributed by atoms with E-state index in [9.17, 15) is 4.39 Å². The molecule has 1 aliphatic carbocycles. The quantitative estimate of drug-likeness (QED) is 0.378. The van der Waals surface area contributed by atoms with Crippen molar-refractivity contribution in [2.75, 3.05) is 30.5 Å². The minimum absolute atomic E-state index is 0.0714. The Kier molecular flexibility index (Phi) is 7.86. The van der Waals surface area contributed by atoms with Crippen molar-refractivity contribution in [1.82, 2.24) is 15.0 Å². The molecule has 1 aliphatic rings. The molecule has 34 heavy (non-hydrogen) atoms. The Morgan fingerprint density at radius 3 is 2.59 bits per heavy atom. The summed E-state index contributed by atoms with van der Waals surface area (Å²) in [4.78, 5) is 16.1. The number of fused-ring (bicyclic) bond motifs is 1. The van der Waals surface area contributed by atoms with Gasteiger partial charge < -0.3 is 15.0 Å². The normalized spacial score (nSPS) is 17.0. The maximum Gasteiger partial charge on any atom is 0.156 e. The molecule has 0 saturated carbocycles. The number of alkyl halides is 1. The molecule has 0 unspecified atom stereocenters. The van der Waals surface area contributed by atoms with Gasteiger partial charge >= 0.3 is 0 Å². The first-order valence-corrected chi connectivity index (χ1v) is 12.2. The molecule has 2 atom stereocenters. The lowest BCUT2D eigenvalue weighted by atomic mass is 10.1. The summed E-state index contributed by atoms with van der Waals surface area (Å²) in [6, 6.07) is 9.72. The van der Waals surface area contributed by atoms with E-state index in [0.717, 1.165) is 23.4 Å². The first kappa shape index (κ1) is 24.6. The standard InChI is InChI=1S/C25H28Cl2FN5O/c1-4-19-23(32-22-17-9-7-6-8-15(17)12-21(22)34-11-10-28)30-20(5-2)25(31-19)33(3)24-18(27)13-16(26)14-29-24/h6-9,13-14,21-22H,4-5,10-12H2,1-3H3,(H,30,32)/t21-,22+/m0/s1. The van der Waals surface area contributed by atoms with E-state index in [0.29, 0.717) is 40.3 Å². The van der Waals surface area contributed by atoms with Gasteiger partial charge in [0.05, 0.1) is 40.2 Å². The number of hydrogen-bond acceptors (Lipinski definition) is 6. The van der Waals surface area contributed by atoms with Gasteiger partial charge in [-0.2, -0.15) is 0 Å². The molecule has 0 fully saturated rings. The van der Waals surface area contributed by atoms with Crippen LogP contribution < -0.4 is 10.2 Å². The number of nitrogens with one attached hydrogen (secondary N) is 1. The topological polar surface area (TPSA) is 63.2 Å². The van der Waals surface area contributed by atoms with Gasteiger partial charge in [-0.25, -0.2) is 19.3 Å². The Morgan fingerprint density at radius 1 is 1.12 bits per heavy atom. The summed E-state index contributed by atoms with van der Waals surface area (Å²) in [6.45, 7) is 3.63. The molecule has 0 spiro atoms. The average molecular weight is 504 g/mol. The maximum absolute atomic E-state index is 12.9. The molecule has 6 nitrogen and oxygen atoms in total. The van der Waals surface area contributed by atoms with Crippen LogP contribution in [0.1, 0.15) is 42.4 Å². The van der Waals surface area contributed by atoms with E-state index in [2.05, 4.69) is 22.4 Å². The largest absolute Gasteiger partial charge is 0.373 e. The summed E-state index contributed by atoms with van der Waals surface area (Å²) >= 11 is 12.4. The van der Waals surface area contributed by atoms with Crippen molar-refractivity contribution in [2.24, 2.45) is 0 Å². The molecule has 0 saturated heterocycles. The molecule has 4 rings (SSSR count). The number of benzene rings is 1. The summed E-state index contributed by atoms with van der Waals surface area (Å²) in [7, 11) is 1.87. The van der Waals surface area contributed by atoms with E-state index < -0.39 is 6.67 Å². The zero-order valence-corrected chi connectivity index (χ0v) is 21.0. The molecule has 0 bridgehead atoms. The Hall–Kier alpha value is -2.48. The van der Waals surface area contributed by atoms with Gasteiger partial charge in [-0.15, -0.1) is 0 Å². The molecule has 0 aliphatic heterocycles. The highest BCUT2D eigenvalue weighted by molar-refractivity contribution is 6.36. The van der Waals surface area contributed by atoms with Gasteiger partial charge in [0.1, 0.15) is 12.5 Å². The van der Waals surface area contributed by atoms with Crippen molar-refractivity contribution in [1.29, 1.82) is 0 Å². The number of rotatable bonds is 9. The van der Waals surface area contributed by atoms with Crippen LogP contribution in [-0.2, 0) is 24.0 Å². The zero-order valence-electron chi connectivity index (χ0n) is 19.5. The Bertz CT molecular complexity index is 1160. The van der Waals surface area contributed by atoms with Crippen LogP contribution >= 0.6 is 23.2 Å². The van der Waals surface area contributed by atoms with E-state index in [4.69, 9.17) is 37.9 Å². The average Bonchev–Trinajstić information content (AvgIpc) is 3.19. The van der Waals surface area contributed by atoms with Gasteiger partial charge in [-0.1, -0.05) is 61.3 Å². The lowest BCUT2D eigenvalue weighted by Gasteiger charge is -2.26. The lowest BCUT2D eigenvalue weighted by Crippen LogP contribution is -2.27.